The number of hydrogen-bond donors (Lipinski definition) is 0. The van der Waals surface area contributed by atoms with Crippen LogP contribution >= 0.6 is 0 Å². The van der Waals surface area contributed by atoms with Gasteiger partial charge >= 0.3 is 0 Å². The molecular weight excluding hydrogens is 380 g/mol. The molecule has 158 valence electrons. The van der Waals surface area contributed by atoms with Crippen molar-refractivity contribution in [1.82, 2.24) is 10.1 Å². The van der Waals surface area contributed by atoms with Crippen molar-refractivity contribution in [3.63, 3.8) is 0 Å². The average molecular weight is 413 g/mol. The van der Waals surface area contributed by atoms with Gasteiger partial charge in [-0.15, -0.1) is 0 Å². The molecule has 1 aliphatic heterocycles. The summed E-state index contributed by atoms with van der Waals surface area (Å²) in [6, 6.07) is 1.71. The number of Topliss-reactive ketones (excluding diaryl/α,β-unsaturated/α-hetero) is 1. The third-order valence-corrected chi connectivity index (χ3v) is 8.20. The van der Waals surface area contributed by atoms with Crippen molar-refractivity contribution in [3.8, 4) is 0 Å². The van der Waals surface area contributed by atoms with Gasteiger partial charge < -0.3 is 9.42 Å². The number of carbonyl (C=O) groups excluding carboxylic acids is 2. The zero-order valence-electron chi connectivity index (χ0n) is 17.7. The van der Waals surface area contributed by atoms with Crippen LogP contribution in [0.2, 0.25) is 0 Å². The van der Waals surface area contributed by atoms with Gasteiger partial charge in [-0.25, -0.2) is 8.42 Å². The molecule has 1 fully saturated rings. The van der Waals surface area contributed by atoms with Gasteiger partial charge in [-0.3, -0.25) is 9.59 Å². The van der Waals surface area contributed by atoms with Gasteiger partial charge in [0.2, 0.25) is 5.91 Å². The van der Waals surface area contributed by atoms with Crippen molar-refractivity contribution < 1.29 is 22.5 Å². The number of piperidine rings is 1. The molecule has 1 aliphatic rings. The third kappa shape index (κ3) is 5.01. The fourth-order valence-corrected chi connectivity index (χ4v) is 5.03. The van der Waals surface area contributed by atoms with Gasteiger partial charge in [-0.2, -0.15) is 0 Å². The maximum atomic E-state index is 13.0. The molecule has 7 nitrogen and oxygen atoms in total. The highest BCUT2D eigenvalue weighted by Gasteiger charge is 2.43. The molecule has 0 aliphatic carbocycles. The number of aromatic nitrogens is 1. The molecule has 1 aromatic rings. The first-order chi connectivity index (χ1) is 12.7. The van der Waals surface area contributed by atoms with Crippen molar-refractivity contribution in [1.29, 1.82) is 0 Å². The monoisotopic (exact) mass is 412 g/mol. The molecule has 0 radical (unpaired) electrons. The number of rotatable bonds is 6. The highest BCUT2D eigenvalue weighted by Crippen LogP contribution is 2.28. The lowest BCUT2D eigenvalue weighted by Gasteiger charge is -2.33. The second-order valence-corrected chi connectivity index (χ2v) is 11.9. The lowest BCUT2D eigenvalue weighted by molar-refractivity contribution is -0.130. The molecule has 1 unspecified atom stereocenters. The van der Waals surface area contributed by atoms with Crippen molar-refractivity contribution in [3.05, 3.63) is 17.5 Å². The minimum absolute atomic E-state index is 0.0434. The van der Waals surface area contributed by atoms with Gasteiger partial charge in [0.1, 0.15) is 10.5 Å². The number of amides is 1. The predicted molar refractivity (Wildman–Crippen MR) is 107 cm³/mol. The number of hydrogen-bond acceptors (Lipinski definition) is 6. The van der Waals surface area contributed by atoms with Crippen molar-refractivity contribution in [2.45, 2.75) is 71.0 Å². The van der Waals surface area contributed by atoms with E-state index in [4.69, 9.17) is 4.52 Å². The fraction of sp³-hybridized carbons (Fsp3) is 0.750. The van der Waals surface area contributed by atoms with Gasteiger partial charge in [0, 0.05) is 31.5 Å². The summed E-state index contributed by atoms with van der Waals surface area (Å²) in [6.07, 6.45) is 1.43. The van der Waals surface area contributed by atoms with Crippen LogP contribution < -0.4 is 0 Å². The third-order valence-electron chi connectivity index (χ3n) is 5.51. The van der Waals surface area contributed by atoms with Crippen molar-refractivity contribution in [2.75, 3.05) is 18.8 Å². The maximum Gasteiger partial charge on any atom is 0.219 e. The largest absolute Gasteiger partial charge is 0.361 e. The van der Waals surface area contributed by atoms with Crippen LogP contribution in [0.3, 0.4) is 0 Å². The first kappa shape index (κ1) is 22.6. The zero-order valence-corrected chi connectivity index (χ0v) is 18.6. The van der Waals surface area contributed by atoms with Gasteiger partial charge in [0.05, 0.1) is 17.9 Å². The van der Waals surface area contributed by atoms with Crippen LogP contribution in [0, 0.1) is 5.92 Å². The van der Waals surface area contributed by atoms with E-state index in [2.05, 4.69) is 5.16 Å². The van der Waals surface area contributed by atoms with E-state index in [-0.39, 0.29) is 29.4 Å². The Balaban J connectivity index is 2.09. The highest BCUT2D eigenvalue weighted by molar-refractivity contribution is 7.93. The second kappa shape index (κ2) is 7.97. The molecule has 1 amide bonds. The number of nitrogens with zero attached hydrogens (tertiary/aromatic N) is 2. The maximum absolute atomic E-state index is 13.0. The topological polar surface area (TPSA) is 97.6 Å². The van der Waals surface area contributed by atoms with Crippen LogP contribution in [-0.4, -0.2) is 53.8 Å². The summed E-state index contributed by atoms with van der Waals surface area (Å²) in [5, 5.41) is 3.93. The summed E-state index contributed by atoms with van der Waals surface area (Å²) in [5.41, 5.74) is 0.207. The van der Waals surface area contributed by atoms with E-state index in [1.54, 1.807) is 11.0 Å². The molecule has 0 saturated carbocycles. The van der Waals surface area contributed by atoms with E-state index < -0.39 is 20.4 Å². The Morgan fingerprint density at radius 1 is 1.25 bits per heavy atom. The predicted octanol–water partition coefficient (Wildman–Crippen LogP) is 2.54. The van der Waals surface area contributed by atoms with E-state index in [0.29, 0.717) is 24.5 Å². The van der Waals surface area contributed by atoms with E-state index >= 15 is 0 Å². The summed E-state index contributed by atoms with van der Waals surface area (Å²) >= 11 is 0. The van der Waals surface area contributed by atoms with Crippen LogP contribution in [0.1, 0.15) is 65.8 Å². The first-order valence-electron chi connectivity index (χ1n) is 9.71. The number of sulfone groups is 1. The number of likely N-dealkylation sites (tertiary alicyclic amines) is 1. The molecule has 28 heavy (non-hydrogen) atoms. The summed E-state index contributed by atoms with van der Waals surface area (Å²) in [5.74, 6) is -0.0305. The van der Waals surface area contributed by atoms with E-state index in [9.17, 15) is 18.0 Å². The van der Waals surface area contributed by atoms with E-state index in [0.717, 1.165) is 12.8 Å². The normalized spacial score (nSPS) is 18.9. The molecule has 0 N–H and O–H groups in total. The summed E-state index contributed by atoms with van der Waals surface area (Å²) in [4.78, 5) is 26.1. The molecule has 0 spiro atoms. The Kier molecular flexibility index (Phi) is 6.43. The van der Waals surface area contributed by atoms with Crippen molar-refractivity contribution >= 4 is 21.5 Å². The second-order valence-electron chi connectivity index (χ2n) is 9.30. The SMILES string of the molecule is CC(=O)N1CCCC(CS(=O)(=O)C(C)(C)C(=O)Cc2cc(C(C)(C)C)on2)C1. The van der Waals surface area contributed by atoms with Crippen LogP contribution in [0.5, 0.6) is 0 Å². The lowest BCUT2D eigenvalue weighted by Crippen LogP contribution is -2.47. The van der Waals surface area contributed by atoms with Crippen molar-refractivity contribution in [2.24, 2.45) is 5.92 Å². The Morgan fingerprint density at radius 2 is 1.89 bits per heavy atom. The molecule has 0 aromatic carbocycles. The number of carbonyl (C=O) groups is 2. The Labute approximate surface area is 167 Å². The van der Waals surface area contributed by atoms with Crippen LogP contribution in [0.15, 0.2) is 10.6 Å². The van der Waals surface area contributed by atoms with E-state index in [1.165, 1.54) is 20.8 Å². The Morgan fingerprint density at radius 3 is 2.43 bits per heavy atom. The van der Waals surface area contributed by atoms with Gasteiger partial charge in [-0.05, 0) is 32.6 Å². The Bertz CT molecular complexity index is 833. The molecule has 2 heterocycles. The molecule has 1 atom stereocenters. The van der Waals surface area contributed by atoms with Crippen LogP contribution in [-0.2, 0) is 31.3 Å². The minimum Gasteiger partial charge on any atom is -0.361 e. The summed E-state index contributed by atoms with van der Waals surface area (Å²) < 4.78 is 29.8. The first-order valence-corrected chi connectivity index (χ1v) is 11.4. The molecule has 1 aromatic heterocycles. The summed E-state index contributed by atoms with van der Waals surface area (Å²) in [7, 11) is -3.70. The van der Waals surface area contributed by atoms with Gasteiger partial charge in [0.15, 0.2) is 15.6 Å². The summed E-state index contributed by atoms with van der Waals surface area (Å²) in [6.45, 7) is 11.4. The quantitative estimate of drug-likeness (QED) is 0.712. The highest BCUT2D eigenvalue weighted by atomic mass is 32.2. The number of ketones is 1. The fourth-order valence-electron chi connectivity index (χ4n) is 3.31. The standard InChI is InChI=1S/C20H32N2O5S/c1-14(23)22-9-7-8-15(12-22)13-28(25,26)20(5,6)17(24)10-16-11-18(27-21-16)19(2,3)4/h11,15H,7-10,12-13H2,1-6H3. The van der Waals surface area contributed by atoms with Crippen LogP contribution in [0.4, 0.5) is 0 Å². The smallest absolute Gasteiger partial charge is 0.219 e. The van der Waals surface area contributed by atoms with Gasteiger partial charge in [-0.1, -0.05) is 25.9 Å². The Hall–Kier alpha value is -1.70. The zero-order chi connectivity index (χ0) is 21.3. The molecular formula is C20H32N2O5S. The molecule has 0 bridgehead atoms. The van der Waals surface area contributed by atoms with Gasteiger partial charge in [0.25, 0.3) is 0 Å². The lowest BCUT2D eigenvalue weighted by atomic mass is 9.92. The molecule has 1 saturated heterocycles. The molecule has 8 heteroatoms. The average Bonchev–Trinajstić information content (AvgIpc) is 3.03. The minimum atomic E-state index is -3.70. The van der Waals surface area contributed by atoms with Crippen LogP contribution in [0.25, 0.3) is 0 Å². The molecule has 2 rings (SSSR count). The van der Waals surface area contributed by atoms with E-state index in [1.807, 2.05) is 20.8 Å².